The number of thiophene rings is 1. The molecule has 1 aliphatic rings. The molecule has 1 aromatic heterocycles. The maximum absolute atomic E-state index is 13.3. The van der Waals surface area contributed by atoms with E-state index in [1.807, 2.05) is 63.4 Å². The lowest BCUT2D eigenvalue weighted by atomic mass is 9.97. The van der Waals surface area contributed by atoms with Crippen LogP contribution >= 0.6 is 11.3 Å². The van der Waals surface area contributed by atoms with Gasteiger partial charge in [0, 0.05) is 10.6 Å². The molecule has 1 N–H and O–H groups in total. The maximum Gasteiger partial charge on any atom is 0.300 e. The Morgan fingerprint density at radius 2 is 1.72 bits per heavy atom. The van der Waals surface area contributed by atoms with Crippen molar-refractivity contribution in [2.75, 3.05) is 12.0 Å². The van der Waals surface area contributed by atoms with Crippen LogP contribution in [0.1, 0.15) is 38.7 Å². The number of hydrogen-bond acceptors (Lipinski definition) is 5. The topological polar surface area (TPSA) is 66.8 Å². The van der Waals surface area contributed by atoms with Crippen LogP contribution in [0.3, 0.4) is 0 Å². The highest BCUT2D eigenvalue weighted by Gasteiger charge is 2.48. The van der Waals surface area contributed by atoms with E-state index in [0.717, 1.165) is 27.1 Å². The highest BCUT2D eigenvalue weighted by Crippen LogP contribution is 2.45. The van der Waals surface area contributed by atoms with Gasteiger partial charge >= 0.3 is 0 Å². The zero-order valence-corrected chi connectivity index (χ0v) is 19.5. The molecule has 1 unspecified atom stereocenters. The first-order chi connectivity index (χ1) is 15.2. The van der Waals surface area contributed by atoms with E-state index in [0.29, 0.717) is 17.0 Å². The van der Waals surface area contributed by atoms with Crippen LogP contribution in [0.4, 0.5) is 5.69 Å². The summed E-state index contributed by atoms with van der Waals surface area (Å²) in [6.45, 7) is 7.81. The molecule has 2 aromatic carbocycles. The standard InChI is InChI=1S/C26H25NO4S/c1-14-6-9-20(31-5)19(12-14)23(28)21-22(25-16(3)10-11-32-25)27(26(30)24(21)29)18-8-7-15(2)17(4)13-18/h6-13,22,28H,1-5H3/b23-21-. The second-order valence-corrected chi connectivity index (χ2v) is 9.06. The smallest absolute Gasteiger partial charge is 0.300 e. The SMILES string of the molecule is COc1ccc(C)cc1/C(O)=C1/C(=O)C(=O)N(c2ccc(C)c(C)c2)C1c1sccc1C. The summed E-state index contributed by atoms with van der Waals surface area (Å²) >= 11 is 1.46. The number of ketones is 1. The molecular formula is C26H25NO4S. The minimum absolute atomic E-state index is 0.0719. The van der Waals surface area contributed by atoms with Crippen molar-refractivity contribution >= 4 is 34.5 Å². The molecule has 1 amide bonds. The van der Waals surface area contributed by atoms with Crippen LogP contribution in [0.5, 0.6) is 5.75 Å². The molecule has 164 valence electrons. The summed E-state index contributed by atoms with van der Waals surface area (Å²) in [6, 6.07) is 12.3. The maximum atomic E-state index is 13.3. The van der Waals surface area contributed by atoms with Gasteiger partial charge in [-0.2, -0.15) is 0 Å². The van der Waals surface area contributed by atoms with Crippen LogP contribution < -0.4 is 9.64 Å². The van der Waals surface area contributed by atoms with Gasteiger partial charge in [-0.25, -0.2) is 0 Å². The van der Waals surface area contributed by atoms with Crippen molar-refractivity contribution in [1.29, 1.82) is 0 Å². The van der Waals surface area contributed by atoms with E-state index >= 15 is 0 Å². The quantitative estimate of drug-likeness (QED) is 0.320. The van der Waals surface area contributed by atoms with Gasteiger partial charge < -0.3 is 9.84 Å². The number of anilines is 1. The van der Waals surface area contributed by atoms with Gasteiger partial charge in [-0.15, -0.1) is 11.3 Å². The molecule has 4 rings (SSSR count). The number of hydrogen-bond donors (Lipinski definition) is 1. The van der Waals surface area contributed by atoms with E-state index in [-0.39, 0.29) is 11.3 Å². The molecule has 0 spiro atoms. The Morgan fingerprint density at radius 1 is 0.969 bits per heavy atom. The lowest BCUT2D eigenvalue weighted by Crippen LogP contribution is -2.29. The number of aliphatic hydroxyl groups is 1. The van der Waals surface area contributed by atoms with Crippen LogP contribution in [0.15, 0.2) is 53.4 Å². The Balaban J connectivity index is 2.00. The number of nitrogens with zero attached hydrogens (tertiary/aromatic N) is 1. The van der Waals surface area contributed by atoms with E-state index in [4.69, 9.17) is 4.74 Å². The molecule has 2 heterocycles. The van der Waals surface area contributed by atoms with Gasteiger partial charge in [-0.1, -0.05) is 17.7 Å². The van der Waals surface area contributed by atoms with Gasteiger partial charge in [0.2, 0.25) is 0 Å². The van der Waals surface area contributed by atoms with E-state index in [2.05, 4.69) is 0 Å². The van der Waals surface area contributed by atoms with Gasteiger partial charge in [0.15, 0.2) is 0 Å². The highest BCUT2D eigenvalue weighted by atomic mass is 32.1. The van der Waals surface area contributed by atoms with E-state index in [1.165, 1.54) is 23.3 Å². The van der Waals surface area contributed by atoms with Crippen LogP contribution in [0.25, 0.3) is 5.76 Å². The molecule has 1 aliphatic heterocycles. The van der Waals surface area contributed by atoms with Crippen LogP contribution in [0.2, 0.25) is 0 Å². The van der Waals surface area contributed by atoms with Crippen molar-refractivity contribution in [2.45, 2.75) is 33.7 Å². The number of ether oxygens (including phenoxy) is 1. The average Bonchev–Trinajstić information content (AvgIpc) is 3.30. The molecule has 3 aromatic rings. The zero-order valence-electron chi connectivity index (χ0n) is 18.7. The number of carbonyl (C=O) groups is 2. The molecule has 0 radical (unpaired) electrons. The van der Waals surface area contributed by atoms with Crippen LogP contribution in [0, 0.1) is 27.7 Å². The van der Waals surface area contributed by atoms with Crippen molar-refractivity contribution in [3.63, 3.8) is 0 Å². The minimum atomic E-state index is -0.720. The third kappa shape index (κ3) is 3.50. The number of amides is 1. The van der Waals surface area contributed by atoms with E-state index in [1.54, 1.807) is 12.1 Å². The first-order valence-electron chi connectivity index (χ1n) is 10.3. The Labute approximate surface area is 191 Å². The molecule has 1 saturated heterocycles. The van der Waals surface area contributed by atoms with Crippen molar-refractivity contribution in [2.24, 2.45) is 0 Å². The zero-order chi connectivity index (χ0) is 23.2. The van der Waals surface area contributed by atoms with Gasteiger partial charge in [0.25, 0.3) is 11.7 Å². The van der Waals surface area contributed by atoms with Crippen LogP contribution in [-0.4, -0.2) is 23.9 Å². The third-order valence-electron chi connectivity index (χ3n) is 5.97. The van der Waals surface area contributed by atoms with Gasteiger partial charge in [-0.3, -0.25) is 14.5 Å². The molecule has 1 fully saturated rings. The predicted octanol–water partition coefficient (Wildman–Crippen LogP) is 5.62. The van der Waals surface area contributed by atoms with E-state index in [9.17, 15) is 14.7 Å². The van der Waals surface area contributed by atoms with Gasteiger partial charge in [0.1, 0.15) is 17.6 Å². The van der Waals surface area contributed by atoms with Crippen molar-refractivity contribution in [3.05, 3.63) is 86.1 Å². The fourth-order valence-corrected chi connectivity index (χ4v) is 5.06. The minimum Gasteiger partial charge on any atom is -0.507 e. The Hall–Kier alpha value is -3.38. The second-order valence-electron chi connectivity index (χ2n) is 8.11. The predicted molar refractivity (Wildman–Crippen MR) is 127 cm³/mol. The van der Waals surface area contributed by atoms with Crippen LogP contribution in [-0.2, 0) is 9.59 Å². The summed E-state index contributed by atoms with van der Waals surface area (Å²) in [6.07, 6.45) is 0. The Morgan fingerprint density at radius 3 is 2.34 bits per heavy atom. The number of methoxy groups -OCH3 is 1. The van der Waals surface area contributed by atoms with Crippen molar-refractivity contribution in [3.8, 4) is 5.75 Å². The fraction of sp³-hybridized carbons (Fsp3) is 0.231. The average molecular weight is 448 g/mol. The van der Waals surface area contributed by atoms with Crippen molar-refractivity contribution in [1.82, 2.24) is 0 Å². The molecule has 5 nitrogen and oxygen atoms in total. The summed E-state index contributed by atoms with van der Waals surface area (Å²) in [7, 11) is 1.51. The summed E-state index contributed by atoms with van der Waals surface area (Å²) in [5.74, 6) is -1.15. The largest absolute Gasteiger partial charge is 0.507 e. The van der Waals surface area contributed by atoms with Gasteiger partial charge in [-0.05, 0) is 80.1 Å². The number of rotatable bonds is 4. The summed E-state index contributed by atoms with van der Waals surface area (Å²) in [5.41, 5.74) is 5.07. The Kier molecular flexibility index (Phi) is 5.65. The number of aliphatic hydroxyl groups excluding tert-OH is 1. The molecule has 1 atom stereocenters. The molecule has 0 bridgehead atoms. The molecule has 32 heavy (non-hydrogen) atoms. The normalized spacial score (nSPS) is 17.8. The van der Waals surface area contributed by atoms with Gasteiger partial charge in [0.05, 0.1) is 18.2 Å². The molecule has 0 aliphatic carbocycles. The highest BCUT2D eigenvalue weighted by molar-refractivity contribution is 7.10. The molecule has 6 heteroatoms. The van der Waals surface area contributed by atoms with E-state index < -0.39 is 17.7 Å². The summed E-state index contributed by atoms with van der Waals surface area (Å²) < 4.78 is 5.43. The number of Topliss-reactive ketones (excluding diaryl/α,β-unsaturated/α-hetero) is 1. The summed E-state index contributed by atoms with van der Waals surface area (Å²) in [5, 5.41) is 13.3. The third-order valence-corrected chi connectivity index (χ3v) is 7.04. The first kappa shape index (κ1) is 21.8. The summed E-state index contributed by atoms with van der Waals surface area (Å²) in [4.78, 5) is 28.9. The molecular weight excluding hydrogens is 422 g/mol. The number of aryl methyl sites for hydroxylation is 4. The fourth-order valence-electron chi connectivity index (χ4n) is 4.04. The monoisotopic (exact) mass is 447 g/mol. The number of benzene rings is 2. The number of carbonyl (C=O) groups excluding carboxylic acids is 2. The van der Waals surface area contributed by atoms with Crippen molar-refractivity contribution < 1.29 is 19.4 Å². The molecule has 0 saturated carbocycles. The lowest BCUT2D eigenvalue weighted by molar-refractivity contribution is -0.132. The first-order valence-corrected chi connectivity index (χ1v) is 11.2. The Bertz CT molecular complexity index is 1270. The second kappa shape index (κ2) is 8.28. The lowest BCUT2D eigenvalue weighted by Gasteiger charge is -2.25.